The van der Waals surface area contributed by atoms with E-state index in [4.69, 9.17) is 0 Å². The van der Waals surface area contributed by atoms with Gasteiger partial charge in [0, 0.05) is 18.7 Å². The molecule has 2 aromatic rings. The predicted octanol–water partition coefficient (Wildman–Crippen LogP) is 2.44. The van der Waals surface area contributed by atoms with Crippen molar-refractivity contribution in [3.63, 3.8) is 0 Å². The van der Waals surface area contributed by atoms with E-state index in [0.717, 1.165) is 10.8 Å². The van der Waals surface area contributed by atoms with Gasteiger partial charge < -0.3 is 10.2 Å². The number of nitrogens with zero attached hydrogens (tertiary/aromatic N) is 1. The fourth-order valence-electron chi connectivity index (χ4n) is 2.20. The maximum Gasteiger partial charge on any atom is 0.254 e. The molecule has 0 atom stereocenters. The van der Waals surface area contributed by atoms with Crippen LogP contribution in [0.5, 0.6) is 0 Å². The van der Waals surface area contributed by atoms with E-state index in [1.165, 1.54) is 4.90 Å². The zero-order valence-electron chi connectivity index (χ0n) is 12.6. The molecule has 0 fully saturated rings. The molecule has 0 unspecified atom stereocenters. The van der Waals surface area contributed by atoms with Gasteiger partial charge in [0.05, 0.1) is 6.54 Å². The van der Waals surface area contributed by atoms with E-state index in [2.05, 4.69) is 5.32 Å². The van der Waals surface area contributed by atoms with E-state index < -0.39 is 0 Å². The van der Waals surface area contributed by atoms with Crippen LogP contribution in [0.4, 0.5) is 0 Å². The Hall–Kier alpha value is -2.36. The van der Waals surface area contributed by atoms with Gasteiger partial charge >= 0.3 is 0 Å². The average molecular weight is 284 g/mol. The molecule has 4 heteroatoms. The molecule has 0 heterocycles. The SMILES string of the molecule is CC(C)NC(=O)CN(C)C(=O)c1ccc2ccccc2c1. The summed E-state index contributed by atoms with van der Waals surface area (Å²) in [5.41, 5.74) is 0.591. The lowest BCUT2D eigenvalue weighted by molar-refractivity contribution is -0.122. The molecular weight excluding hydrogens is 264 g/mol. The molecule has 1 N–H and O–H groups in total. The number of carbonyl (C=O) groups excluding carboxylic acids is 2. The molecular formula is C17H20N2O2. The minimum absolute atomic E-state index is 0.0594. The van der Waals surface area contributed by atoms with Gasteiger partial charge in [0.15, 0.2) is 0 Å². The summed E-state index contributed by atoms with van der Waals surface area (Å²) in [5.74, 6) is -0.304. The summed E-state index contributed by atoms with van der Waals surface area (Å²) in [7, 11) is 1.64. The number of fused-ring (bicyclic) bond motifs is 1. The van der Waals surface area contributed by atoms with Crippen molar-refractivity contribution in [2.75, 3.05) is 13.6 Å². The summed E-state index contributed by atoms with van der Waals surface area (Å²) in [6, 6.07) is 13.5. The highest BCUT2D eigenvalue weighted by atomic mass is 16.2. The van der Waals surface area contributed by atoms with Gasteiger partial charge in [-0.1, -0.05) is 30.3 Å². The standard InChI is InChI=1S/C17H20N2O2/c1-12(2)18-16(20)11-19(3)17(21)15-9-8-13-6-4-5-7-14(13)10-15/h4-10,12H,11H2,1-3H3,(H,18,20). The van der Waals surface area contributed by atoms with Crippen LogP contribution >= 0.6 is 0 Å². The third-order valence-electron chi connectivity index (χ3n) is 3.17. The van der Waals surface area contributed by atoms with Crippen LogP contribution in [0.1, 0.15) is 24.2 Å². The van der Waals surface area contributed by atoms with Crippen molar-refractivity contribution in [1.82, 2.24) is 10.2 Å². The first-order valence-corrected chi connectivity index (χ1v) is 7.01. The molecule has 0 aliphatic rings. The Morgan fingerprint density at radius 2 is 1.76 bits per heavy atom. The fraction of sp³-hybridized carbons (Fsp3) is 0.294. The Labute approximate surface area is 124 Å². The van der Waals surface area contributed by atoms with Gasteiger partial charge in [-0.25, -0.2) is 0 Å². The van der Waals surface area contributed by atoms with Crippen molar-refractivity contribution in [2.45, 2.75) is 19.9 Å². The normalized spacial score (nSPS) is 10.7. The third-order valence-corrected chi connectivity index (χ3v) is 3.17. The zero-order chi connectivity index (χ0) is 15.4. The molecule has 2 amide bonds. The van der Waals surface area contributed by atoms with Gasteiger partial charge in [-0.3, -0.25) is 9.59 Å². The van der Waals surface area contributed by atoms with Gasteiger partial charge in [0.1, 0.15) is 0 Å². The lowest BCUT2D eigenvalue weighted by Gasteiger charge is -2.18. The van der Waals surface area contributed by atoms with Crippen molar-refractivity contribution in [2.24, 2.45) is 0 Å². The number of rotatable bonds is 4. The topological polar surface area (TPSA) is 49.4 Å². The predicted molar refractivity (Wildman–Crippen MR) is 84.2 cm³/mol. The van der Waals surface area contributed by atoms with Gasteiger partial charge in [0.25, 0.3) is 5.91 Å². The van der Waals surface area contributed by atoms with Crippen LogP contribution < -0.4 is 5.32 Å². The summed E-state index contributed by atoms with van der Waals surface area (Å²) in [6.45, 7) is 3.84. The maximum atomic E-state index is 12.4. The van der Waals surface area contributed by atoms with Crippen molar-refractivity contribution < 1.29 is 9.59 Å². The van der Waals surface area contributed by atoms with E-state index in [9.17, 15) is 9.59 Å². The minimum atomic E-state index is -0.153. The molecule has 0 aromatic heterocycles. The lowest BCUT2D eigenvalue weighted by Crippen LogP contribution is -2.40. The second-order valence-electron chi connectivity index (χ2n) is 5.45. The molecule has 0 aliphatic carbocycles. The van der Waals surface area contributed by atoms with Crippen LogP contribution in [0.2, 0.25) is 0 Å². The third kappa shape index (κ3) is 3.81. The average Bonchev–Trinajstić information content (AvgIpc) is 2.45. The number of carbonyl (C=O) groups is 2. The second kappa shape index (κ2) is 6.39. The first-order valence-electron chi connectivity index (χ1n) is 7.01. The van der Waals surface area contributed by atoms with E-state index in [0.29, 0.717) is 5.56 Å². The maximum absolute atomic E-state index is 12.4. The van der Waals surface area contributed by atoms with E-state index in [-0.39, 0.29) is 24.4 Å². The first kappa shape index (κ1) is 15.0. The number of nitrogens with one attached hydrogen (secondary N) is 1. The van der Waals surface area contributed by atoms with E-state index in [1.807, 2.05) is 50.2 Å². The lowest BCUT2D eigenvalue weighted by atomic mass is 10.1. The van der Waals surface area contributed by atoms with Crippen LogP contribution in [-0.4, -0.2) is 36.3 Å². The van der Waals surface area contributed by atoms with Crippen molar-refractivity contribution in [1.29, 1.82) is 0 Å². The summed E-state index contributed by atoms with van der Waals surface area (Å²) < 4.78 is 0. The van der Waals surface area contributed by atoms with Gasteiger partial charge in [-0.2, -0.15) is 0 Å². The Bertz CT molecular complexity index is 665. The van der Waals surface area contributed by atoms with Crippen LogP contribution in [0.15, 0.2) is 42.5 Å². The smallest absolute Gasteiger partial charge is 0.254 e. The molecule has 110 valence electrons. The van der Waals surface area contributed by atoms with Crippen LogP contribution in [0.25, 0.3) is 10.8 Å². The molecule has 0 aliphatic heterocycles. The monoisotopic (exact) mass is 284 g/mol. The van der Waals surface area contributed by atoms with Gasteiger partial charge in [0.2, 0.25) is 5.91 Å². The molecule has 0 spiro atoms. The summed E-state index contributed by atoms with van der Waals surface area (Å²) in [4.78, 5) is 25.5. The number of benzene rings is 2. The Morgan fingerprint density at radius 1 is 1.10 bits per heavy atom. The van der Waals surface area contributed by atoms with Crippen molar-refractivity contribution >= 4 is 22.6 Å². The Morgan fingerprint density at radius 3 is 2.43 bits per heavy atom. The molecule has 4 nitrogen and oxygen atoms in total. The van der Waals surface area contributed by atoms with E-state index in [1.54, 1.807) is 13.1 Å². The van der Waals surface area contributed by atoms with Crippen LogP contribution in [-0.2, 0) is 4.79 Å². The molecule has 0 saturated heterocycles. The van der Waals surface area contributed by atoms with Crippen molar-refractivity contribution in [3.05, 3.63) is 48.0 Å². The van der Waals surface area contributed by atoms with Crippen LogP contribution in [0, 0.1) is 0 Å². The molecule has 2 rings (SSSR count). The van der Waals surface area contributed by atoms with Gasteiger partial charge in [-0.05, 0) is 36.8 Å². The highest BCUT2D eigenvalue weighted by Gasteiger charge is 2.15. The zero-order valence-corrected chi connectivity index (χ0v) is 12.6. The van der Waals surface area contributed by atoms with E-state index >= 15 is 0 Å². The number of hydrogen-bond donors (Lipinski definition) is 1. The fourth-order valence-corrected chi connectivity index (χ4v) is 2.20. The highest BCUT2D eigenvalue weighted by Crippen LogP contribution is 2.16. The number of hydrogen-bond acceptors (Lipinski definition) is 2. The number of amides is 2. The Kier molecular flexibility index (Phi) is 4.58. The van der Waals surface area contributed by atoms with Crippen molar-refractivity contribution in [3.8, 4) is 0 Å². The molecule has 0 radical (unpaired) electrons. The number of likely N-dealkylation sites (N-methyl/N-ethyl adjacent to an activating group) is 1. The quantitative estimate of drug-likeness (QED) is 0.937. The summed E-state index contributed by atoms with van der Waals surface area (Å²) in [6.07, 6.45) is 0. The minimum Gasteiger partial charge on any atom is -0.352 e. The van der Waals surface area contributed by atoms with Crippen LogP contribution in [0.3, 0.4) is 0 Å². The summed E-state index contributed by atoms with van der Waals surface area (Å²) in [5, 5.41) is 4.89. The summed E-state index contributed by atoms with van der Waals surface area (Å²) >= 11 is 0. The first-order chi connectivity index (χ1) is 9.97. The molecule has 0 saturated carbocycles. The molecule has 2 aromatic carbocycles. The molecule has 0 bridgehead atoms. The Balaban J connectivity index is 2.12. The largest absolute Gasteiger partial charge is 0.352 e. The highest BCUT2D eigenvalue weighted by molar-refractivity contribution is 5.99. The van der Waals surface area contributed by atoms with Gasteiger partial charge in [-0.15, -0.1) is 0 Å². The molecule has 21 heavy (non-hydrogen) atoms. The second-order valence-corrected chi connectivity index (χ2v) is 5.45.